The third-order valence-corrected chi connectivity index (χ3v) is 5.69. The second-order valence-electron chi connectivity index (χ2n) is 6.02. The van der Waals surface area contributed by atoms with Gasteiger partial charge in [-0.3, -0.25) is 4.90 Å². The molecule has 2 nitrogen and oxygen atoms in total. The van der Waals surface area contributed by atoms with Crippen molar-refractivity contribution in [3.63, 3.8) is 0 Å². The maximum Gasteiger partial charge on any atom is 0.0464 e. The molecule has 0 aliphatic heterocycles. The standard InChI is InChI=1S/C17H26BrClN2/c1-3-21(17-7-5-4-6-13(17)11-20)12(2)15-9-8-14(18)10-16(15)19/h8-10,12-13,17H,3-7,11,20H2,1-2H3. The molecule has 1 saturated carbocycles. The quantitative estimate of drug-likeness (QED) is 0.786. The van der Waals surface area contributed by atoms with Crippen LogP contribution in [-0.2, 0) is 0 Å². The van der Waals surface area contributed by atoms with Gasteiger partial charge in [-0.05, 0) is 56.5 Å². The lowest BCUT2D eigenvalue weighted by atomic mass is 9.82. The van der Waals surface area contributed by atoms with E-state index in [1.165, 1.54) is 31.2 Å². The van der Waals surface area contributed by atoms with Crippen molar-refractivity contribution >= 4 is 27.5 Å². The van der Waals surface area contributed by atoms with Crippen LogP contribution in [0.2, 0.25) is 5.02 Å². The van der Waals surface area contributed by atoms with E-state index in [0.717, 1.165) is 22.6 Å². The van der Waals surface area contributed by atoms with Gasteiger partial charge in [0.1, 0.15) is 0 Å². The first kappa shape index (κ1) is 17.3. The molecule has 4 heteroatoms. The number of benzene rings is 1. The van der Waals surface area contributed by atoms with Crippen LogP contribution >= 0.6 is 27.5 Å². The van der Waals surface area contributed by atoms with Crippen LogP contribution in [0.15, 0.2) is 22.7 Å². The lowest BCUT2D eigenvalue weighted by Gasteiger charge is -2.42. The monoisotopic (exact) mass is 372 g/mol. The predicted octanol–water partition coefficient (Wildman–Crippen LogP) is 5.00. The molecule has 1 aromatic rings. The normalized spacial score (nSPS) is 24.3. The van der Waals surface area contributed by atoms with Crippen molar-refractivity contribution in [2.45, 2.75) is 51.6 Å². The van der Waals surface area contributed by atoms with Crippen LogP contribution in [0.25, 0.3) is 0 Å². The van der Waals surface area contributed by atoms with E-state index in [1.807, 2.05) is 6.07 Å². The lowest BCUT2D eigenvalue weighted by molar-refractivity contribution is 0.0770. The summed E-state index contributed by atoms with van der Waals surface area (Å²) in [6.07, 6.45) is 5.16. The van der Waals surface area contributed by atoms with Crippen molar-refractivity contribution in [1.82, 2.24) is 4.90 Å². The van der Waals surface area contributed by atoms with Gasteiger partial charge in [0, 0.05) is 21.6 Å². The summed E-state index contributed by atoms with van der Waals surface area (Å²) in [4.78, 5) is 2.59. The van der Waals surface area contributed by atoms with Crippen molar-refractivity contribution in [2.75, 3.05) is 13.1 Å². The first-order valence-corrected chi connectivity index (χ1v) is 9.16. The molecule has 0 heterocycles. The smallest absolute Gasteiger partial charge is 0.0464 e. The predicted molar refractivity (Wildman–Crippen MR) is 94.7 cm³/mol. The summed E-state index contributed by atoms with van der Waals surface area (Å²) < 4.78 is 1.03. The number of halogens is 2. The Hall–Kier alpha value is -0.0900. The second-order valence-corrected chi connectivity index (χ2v) is 7.34. The van der Waals surface area contributed by atoms with E-state index < -0.39 is 0 Å². The topological polar surface area (TPSA) is 29.3 Å². The lowest BCUT2D eigenvalue weighted by Crippen LogP contribution is -2.46. The molecule has 1 aliphatic rings. The van der Waals surface area contributed by atoms with Crippen LogP contribution in [0.5, 0.6) is 0 Å². The molecule has 0 amide bonds. The van der Waals surface area contributed by atoms with E-state index in [9.17, 15) is 0 Å². The number of nitrogens with zero attached hydrogens (tertiary/aromatic N) is 1. The molecule has 21 heavy (non-hydrogen) atoms. The Morgan fingerprint density at radius 1 is 1.38 bits per heavy atom. The maximum absolute atomic E-state index is 6.45. The minimum absolute atomic E-state index is 0.327. The van der Waals surface area contributed by atoms with Crippen LogP contribution in [-0.4, -0.2) is 24.0 Å². The highest BCUT2D eigenvalue weighted by molar-refractivity contribution is 9.10. The highest BCUT2D eigenvalue weighted by atomic mass is 79.9. The van der Waals surface area contributed by atoms with Crippen molar-refractivity contribution in [2.24, 2.45) is 11.7 Å². The Morgan fingerprint density at radius 3 is 2.71 bits per heavy atom. The molecule has 3 unspecified atom stereocenters. The van der Waals surface area contributed by atoms with Gasteiger partial charge in [-0.2, -0.15) is 0 Å². The fourth-order valence-electron chi connectivity index (χ4n) is 3.71. The van der Waals surface area contributed by atoms with Crippen molar-refractivity contribution < 1.29 is 0 Å². The van der Waals surface area contributed by atoms with Gasteiger partial charge in [-0.25, -0.2) is 0 Å². The molecule has 2 rings (SSSR count). The van der Waals surface area contributed by atoms with Crippen molar-refractivity contribution in [1.29, 1.82) is 0 Å². The molecular formula is C17H26BrClN2. The summed E-state index contributed by atoms with van der Waals surface area (Å²) in [6, 6.07) is 7.12. The van der Waals surface area contributed by atoms with Crippen LogP contribution in [0.3, 0.4) is 0 Å². The SMILES string of the molecule is CCN(C(C)c1ccc(Br)cc1Cl)C1CCCCC1CN. The maximum atomic E-state index is 6.45. The molecule has 118 valence electrons. The molecule has 0 radical (unpaired) electrons. The second kappa shape index (κ2) is 7.96. The Morgan fingerprint density at radius 2 is 2.10 bits per heavy atom. The Kier molecular flexibility index (Phi) is 6.54. The third kappa shape index (κ3) is 4.01. The summed E-state index contributed by atoms with van der Waals surface area (Å²) in [5, 5.41) is 0.843. The highest BCUT2D eigenvalue weighted by Crippen LogP contribution is 2.36. The van der Waals surface area contributed by atoms with Gasteiger partial charge in [0.15, 0.2) is 0 Å². The first-order chi connectivity index (χ1) is 10.1. The Bertz CT molecular complexity index is 466. The molecule has 0 spiro atoms. The summed E-state index contributed by atoms with van der Waals surface area (Å²) in [7, 11) is 0. The van der Waals surface area contributed by atoms with Gasteiger partial charge < -0.3 is 5.73 Å². The number of hydrogen-bond acceptors (Lipinski definition) is 2. The summed E-state index contributed by atoms with van der Waals surface area (Å²) in [5.41, 5.74) is 7.23. The summed E-state index contributed by atoms with van der Waals surface area (Å²) >= 11 is 9.94. The van der Waals surface area contributed by atoms with Crippen LogP contribution in [0.4, 0.5) is 0 Å². The average molecular weight is 374 g/mol. The molecule has 3 atom stereocenters. The van der Waals surface area contributed by atoms with Crippen molar-refractivity contribution in [3.8, 4) is 0 Å². The minimum Gasteiger partial charge on any atom is -0.330 e. The van der Waals surface area contributed by atoms with Gasteiger partial charge in [-0.1, -0.05) is 53.4 Å². The van der Waals surface area contributed by atoms with E-state index in [2.05, 4.69) is 46.8 Å². The zero-order chi connectivity index (χ0) is 15.4. The molecule has 2 N–H and O–H groups in total. The van der Waals surface area contributed by atoms with Gasteiger partial charge in [0.25, 0.3) is 0 Å². The fourth-order valence-corrected chi connectivity index (χ4v) is 4.55. The van der Waals surface area contributed by atoms with Crippen molar-refractivity contribution in [3.05, 3.63) is 33.3 Å². The molecule has 0 aromatic heterocycles. The third-order valence-electron chi connectivity index (χ3n) is 4.87. The van der Waals surface area contributed by atoms with E-state index >= 15 is 0 Å². The van der Waals surface area contributed by atoms with Gasteiger partial charge >= 0.3 is 0 Å². The number of nitrogens with two attached hydrogens (primary N) is 1. The average Bonchev–Trinajstić information content (AvgIpc) is 2.48. The summed E-state index contributed by atoms with van der Waals surface area (Å²) in [5.74, 6) is 0.621. The first-order valence-electron chi connectivity index (χ1n) is 7.99. The number of hydrogen-bond donors (Lipinski definition) is 1. The molecule has 0 saturated heterocycles. The molecular weight excluding hydrogens is 348 g/mol. The molecule has 1 aromatic carbocycles. The van der Waals surface area contributed by atoms with Gasteiger partial charge in [0.05, 0.1) is 0 Å². The van der Waals surface area contributed by atoms with E-state index in [1.54, 1.807) is 0 Å². The van der Waals surface area contributed by atoms with Gasteiger partial charge in [-0.15, -0.1) is 0 Å². The van der Waals surface area contributed by atoms with Crippen LogP contribution < -0.4 is 5.73 Å². The largest absolute Gasteiger partial charge is 0.330 e. The highest BCUT2D eigenvalue weighted by Gasteiger charge is 2.31. The van der Waals surface area contributed by atoms with Crippen LogP contribution in [0, 0.1) is 5.92 Å². The molecule has 0 bridgehead atoms. The molecule has 1 fully saturated rings. The minimum atomic E-state index is 0.327. The number of rotatable bonds is 5. The Labute approximate surface area is 142 Å². The van der Waals surface area contributed by atoms with E-state index in [4.69, 9.17) is 17.3 Å². The zero-order valence-electron chi connectivity index (χ0n) is 13.0. The Balaban J connectivity index is 2.22. The van der Waals surface area contributed by atoms with Gasteiger partial charge in [0.2, 0.25) is 0 Å². The van der Waals surface area contributed by atoms with Crippen LogP contribution in [0.1, 0.15) is 51.1 Å². The van der Waals surface area contributed by atoms with E-state index in [0.29, 0.717) is 18.0 Å². The zero-order valence-corrected chi connectivity index (χ0v) is 15.3. The van der Waals surface area contributed by atoms with E-state index in [-0.39, 0.29) is 0 Å². The molecule has 1 aliphatic carbocycles. The summed E-state index contributed by atoms with van der Waals surface area (Å²) in [6.45, 7) is 6.34. The fraction of sp³-hybridized carbons (Fsp3) is 0.647.